The van der Waals surface area contributed by atoms with Crippen molar-refractivity contribution in [3.63, 3.8) is 0 Å². The van der Waals surface area contributed by atoms with Crippen LogP contribution in [0, 0.1) is 11.6 Å². The third-order valence-electron chi connectivity index (χ3n) is 7.38. The van der Waals surface area contributed by atoms with Gasteiger partial charge in [-0.25, -0.2) is 23.7 Å². The lowest BCUT2D eigenvalue weighted by Crippen LogP contribution is -2.58. The van der Waals surface area contributed by atoms with E-state index in [0.717, 1.165) is 50.2 Å². The molecule has 1 fully saturated rings. The number of fused-ring (bicyclic) bond motifs is 2. The molecule has 37 heavy (non-hydrogen) atoms. The first-order valence-electron chi connectivity index (χ1n) is 12.6. The normalized spacial score (nSPS) is 16.8. The van der Waals surface area contributed by atoms with Crippen molar-refractivity contribution < 1.29 is 8.78 Å². The van der Waals surface area contributed by atoms with Crippen molar-refractivity contribution in [2.45, 2.75) is 38.8 Å². The Morgan fingerprint density at radius 3 is 2.62 bits per heavy atom. The number of likely N-dealkylation sites (tertiary alicyclic amines) is 1. The summed E-state index contributed by atoms with van der Waals surface area (Å²) in [5, 5.41) is 8.08. The Labute approximate surface area is 214 Å². The number of pyridine rings is 1. The summed E-state index contributed by atoms with van der Waals surface area (Å²) in [7, 11) is 3.93. The monoisotopic (exact) mass is 504 g/mol. The number of nitrogens with zero attached hydrogens (tertiary/aromatic N) is 7. The molecule has 10 heteroatoms. The molecule has 4 aromatic rings. The largest absolute Gasteiger partial charge is 0.309 e. The molecule has 0 saturated carbocycles. The number of halogens is 2. The molecular formula is C27H30F2N8. The van der Waals surface area contributed by atoms with Gasteiger partial charge in [0.25, 0.3) is 0 Å². The fourth-order valence-corrected chi connectivity index (χ4v) is 5.56. The molecule has 1 saturated heterocycles. The fourth-order valence-electron chi connectivity index (χ4n) is 5.56. The second-order valence-electron chi connectivity index (χ2n) is 10.4. The highest BCUT2D eigenvalue weighted by atomic mass is 19.1. The van der Waals surface area contributed by atoms with Crippen molar-refractivity contribution in [3.8, 4) is 11.3 Å². The Balaban J connectivity index is 1.27. The maximum absolute atomic E-state index is 15.0. The summed E-state index contributed by atoms with van der Waals surface area (Å²) >= 11 is 0. The van der Waals surface area contributed by atoms with Gasteiger partial charge >= 0.3 is 0 Å². The first kappa shape index (κ1) is 23.9. The van der Waals surface area contributed by atoms with Crippen molar-refractivity contribution in [3.05, 3.63) is 59.0 Å². The Bertz CT molecular complexity index is 1490. The van der Waals surface area contributed by atoms with E-state index in [9.17, 15) is 8.78 Å². The van der Waals surface area contributed by atoms with Crippen LogP contribution in [0.25, 0.3) is 22.2 Å². The number of hydrogen-bond donors (Lipinski definition) is 1. The van der Waals surface area contributed by atoms with Crippen LogP contribution < -0.4 is 5.32 Å². The molecule has 0 atom stereocenters. The van der Waals surface area contributed by atoms with E-state index in [-0.39, 0.29) is 23.1 Å². The average molecular weight is 505 g/mol. The molecule has 0 amide bonds. The van der Waals surface area contributed by atoms with Gasteiger partial charge in [0.15, 0.2) is 11.6 Å². The van der Waals surface area contributed by atoms with Crippen molar-refractivity contribution in [2.24, 2.45) is 7.05 Å². The van der Waals surface area contributed by atoms with Crippen LogP contribution >= 0.6 is 0 Å². The van der Waals surface area contributed by atoms with E-state index in [1.54, 1.807) is 17.8 Å². The molecule has 0 aliphatic carbocycles. The molecule has 6 rings (SSSR count). The third kappa shape index (κ3) is 4.34. The van der Waals surface area contributed by atoms with Crippen molar-refractivity contribution in [2.75, 3.05) is 32.0 Å². The summed E-state index contributed by atoms with van der Waals surface area (Å²) in [4.78, 5) is 18.1. The molecule has 192 valence electrons. The summed E-state index contributed by atoms with van der Waals surface area (Å²) in [6, 6.07) is 7.63. The number of benzene rings is 1. The van der Waals surface area contributed by atoms with Gasteiger partial charge in [-0.2, -0.15) is 5.10 Å². The zero-order chi connectivity index (χ0) is 25.8. The van der Waals surface area contributed by atoms with Gasteiger partial charge in [0.05, 0.1) is 6.20 Å². The van der Waals surface area contributed by atoms with E-state index in [0.29, 0.717) is 22.8 Å². The van der Waals surface area contributed by atoms with E-state index < -0.39 is 11.6 Å². The number of anilines is 2. The van der Waals surface area contributed by atoms with E-state index in [1.165, 1.54) is 11.6 Å². The van der Waals surface area contributed by atoms with Gasteiger partial charge in [-0.3, -0.25) is 9.58 Å². The topological polar surface area (TPSA) is 75.0 Å². The second-order valence-corrected chi connectivity index (χ2v) is 10.4. The van der Waals surface area contributed by atoms with Gasteiger partial charge in [-0.1, -0.05) is 19.9 Å². The van der Waals surface area contributed by atoms with Crippen molar-refractivity contribution in [1.29, 1.82) is 0 Å². The molecule has 0 unspecified atom stereocenters. The SMILES string of the molecule is CC(C)c1c2cc(-c3nc(Nc4ccc5c(n4)CCN(C4CN(C)C4)C5)ncc3F)cc(F)c2nn1C. The summed E-state index contributed by atoms with van der Waals surface area (Å²) in [6.07, 6.45) is 1.98. The second kappa shape index (κ2) is 9.11. The van der Waals surface area contributed by atoms with Crippen LogP contribution in [0.5, 0.6) is 0 Å². The summed E-state index contributed by atoms with van der Waals surface area (Å²) < 4.78 is 31.5. The van der Waals surface area contributed by atoms with Crippen molar-refractivity contribution in [1.82, 2.24) is 34.5 Å². The van der Waals surface area contributed by atoms with E-state index in [4.69, 9.17) is 4.98 Å². The molecule has 1 aromatic carbocycles. The number of nitrogens with one attached hydrogen (secondary N) is 1. The highest BCUT2D eigenvalue weighted by Crippen LogP contribution is 2.32. The first-order valence-corrected chi connectivity index (χ1v) is 12.6. The minimum absolute atomic E-state index is 0.0240. The van der Waals surface area contributed by atoms with Crippen LogP contribution in [0.2, 0.25) is 0 Å². The predicted octanol–water partition coefficient (Wildman–Crippen LogP) is 4.24. The molecule has 2 aliphatic rings. The Kier molecular flexibility index (Phi) is 5.88. The van der Waals surface area contributed by atoms with Gasteiger partial charge in [0.1, 0.15) is 17.0 Å². The lowest BCUT2D eigenvalue weighted by atomic mass is 10.0. The highest BCUT2D eigenvalue weighted by molar-refractivity contribution is 5.87. The van der Waals surface area contributed by atoms with Gasteiger partial charge in [-0.05, 0) is 36.7 Å². The average Bonchev–Trinajstić information content (AvgIpc) is 3.19. The molecule has 0 bridgehead atoms. The molecule has 2 aliphatic heterocycles. The third-order valence-corrected chi connectivity index (χ3v) is 7.38. The van der Waals surface area contributed by atoms with Crippen LogP contribution in [-0.4, -0.2) is 67.3 Å². The van der Waals surface area contributed by atoms with Crippen LogP contribution in [0.15, 0.2) is 30.5 Å². The molecule has 5 heterocycles. The van der Waals surface area contributed by atoms with Crippen molar-refractivity contribution >= 4 is 22.7 Å². The highest BCUT2D eigenvalue weighted by Gasteiger charge is 2.31. The summed E-state index contributed by atoms with van der Waals surface area (Å²) in [5.74, 6) is -0.214. The van der Waals surface area contributed by atoms with Gasteiger partial charge in [-0.15, -0.1) is 0 Å². The maximum atomic E-state index is 15.0. The van der Waals surface area contributed by atoms with Gasteiger partial charge in [0, 0.05) is 68.0 Å². The summed E-state index contributed by atoms with van der Waals surface area (Å²) in [5.41, 5.74) is 3.79. The summed E-state index contributed by atoms with van der Waals surface area (Å²) in [6.45, 7) is 8.15. The van der Waals surface area contributed by atoms with Crippen LogP contribution in [0.4, 0.5) is 20.5 Å². The molecule has 8 nitrogen and oxygen atoms in total. The number of rotatable bonds is 5. The van der Waals surface area contributed by atoms with E-state index in [1.807, 2.05) is 19.9 Å². The molecule has 0 spiro atoms. The van der Waals surface area contributed by atoms with Crippen LogP contribution in [0.1, 0.15) is 36.7 Å². The quantitative estimate of drug-likeness (QED) is 0.436. The standard InChI is InChI=1S/C27H30F2N8/c1-15(2)26-19-9-17(10-20(28)25(19)34-36(26)4)24-21(29)11-30-27(33-24)32-23-6-5-16-12-37(8-7-22(16)31-23)18-13-35(3)14-18/h5-6,9-11,15,18H,7-8,12-14H2,1-4H3,(H,30,31,32,33). The zero-order valence-electron chi connectivity index (χ0n) is 21.5. The van der Waals surface area contributed by atoms with E-state index >= 15 is 0 Å². The number of aromatic nitrogens is 5. The Hall–Kier alpha value is -3.50. The molecular weight excluding hydrogens is 474 g/mol. The zero-order valence-corrected chi connectivity index (χ0v) is 21.5. The predicted molar refractivity (Wildman–Crippen MR) is 139 cm³/mol. The van der Waals surface area contributed by atoms with Gasteiger partial charge in [0.2, 0.25) is 5.95 Å². The van der Waals surface area contributed by atoms with Crippen LogP contribution in [-0.2, 0) is 20.0 Å². The molecule has 1 N–H and O–H groups in total. The minimum Gasteiger partial charge on any atom is -0.309 e. The van der Waals surface area contributed by atoms with E-state index in [2.05, 4.69) is 43.3 Å². The Morgan fingerprint density at radius 1 is 1.05 bits per heavy atom. The molecule has 3 aromatic heterocycles. The maximum Gasteiger partial charge on any atom is 0.229 e. The van der Waals surface area contributed by atoms with Gasteiger partial charge < -0.3 is 10.2 Å². The molecule has 0 radical (unpaired) electrons. The number of likely N-dealkylation sites (N-methyl/N-ethyl adjacent to an activating group) is 1. The smallest absolute Gasteiger partial charge is 0.229 e. The Morgan fingerprint density at radius 2 is 1.86 bits per heavy atom. The fraction of sp³-hybridized carbons (Fsp3) is 0.407. The minimum atomic E-state index is -0.626. The lowest BCUT2D eigenvalue weighted by Gasteiger charge is -2.45. The van der Waals surface area contributed by atoms with Crippen LogP contribution in [0.3, 0.4) is 0 Å². The number of hydrogen-bond acceptors (Lipinski definition) is 7. The number of aryl methyl sites for hydroxylation is 1. The first-order chi connectivity index (χ1) is 17.8. The lowest BCUT2D eigenvalue weighted by molar-refractivity contribution is 0.0430.